The predicted molar refractivity (Wildman–Crippen MR) is 122 cm³/mol. The van der Waals surface area contributed by atoms with E-state index in [1.54, 1.807) is 13.2 Å². The minimum absolute atomic E-state index is 0.0167. The number of hydrogen-bond acceptors (Lipinski definition) is 5. The summed E-state index contributed by atoms with van der Waals surface area (Å²) in [6.07, 6.45) is 1.46. The van der Waals surface area contributed by atoms with Crippen molar-refractivity contribution in [2.75, 3.05) is 20.2 Å². The van der Waals surface area contributed by atoms with Crippen LogP contribution in [0.15, 0.2) is 60.7 Å². The highest BCUT2D eigenvalue weighted by Crippen LogP contribution is 2.21. The molecule has 32 heavy (non-hydrogen) atoms. The van der Waals surface area contributed by atoms with E-state index in [-0.39, 0.29) is 17.9 Å². The first kappa shape index (κ1) is 21.5. The van der Waals surface area contributed by atoms with Crippen molar-refractivity contribution < 1.29 is 14.3 Å². The van der Waals surface area contributed by atoms with Crippen molar-refractivity contribution in [2.24, 2.45) is 0 Å². The van der Waals surface area contributed by atoms with E-state index in [0.717, 1.165) is 24.0 Å². The van der Waals surface area contributed by atoms with Crippen molar-refractivity contribution in [1.29, 1.82) is 0 Å². The van der Waals surface area contributed by atoms with Gasteiger partial charge in [0.2, 0.25) is 5.88 Å². The van der Waals surface area contributed by atoms with Gasteiger partial charge >= 0.3 is 0 Å². The fourth-order valence-electron chi connectivity index (χ4n) is 3.89. The van der Waals surface area contributed by atoms with E-state index in [2.05, 4.69) is 15.5 Å². The first-order chi connectivity index (χ1) is 15.5. The molecule has 3 aromatic rings. The van der Waals surface area contributed by atoms with Gasteiger partial charge in [-0.3, -0.25) is 9.59 Å². The lowest BCUT2D eigenvalue weighted by molar-refractivity contribution is 0.0698. The molecule has 1 saturated heterocycles. The van der Waals surface area contributed by atoms with Crippen LogP contribution < -0.4 is 10.1 Å². The molecule has 0 aliphatic carbocycles. The topological polar surface area (TPSA) is 84.4 Å². The molecule has 2 heterocycles. The second-order valence-electron chi connectivity index (χ2n) is 7.90. The predicted octanol–water partition coefficient (Wildman–Crippen LogP) is 3.50. The van der Waals surface area contributed by atoms with Crippen molar-refractivity contribution in [2.45, 2.75) is 25.8 Å². The summed E-state index contributed by atoms with van der Waals surface area (Å²) in [5.74, 6) is 0.372. The number of carbonyl (C=O) groups excluding carboxylic acids is 2. The van der Waals surface area contributed by atoms with Gasteiger partial charge in [-0.15, -0.1) is 10.2 Å². The number of benzene rings is 2. The maximum atomic E-state index is 13.1. The molecule has 1 N–H and O–H groups in total. The van der Waals surface area contributed by atoms with Gasteiger partial charge < -0.3 is 15.0 Å². The first-order valence-corrected chi connectivity index (χ1v) is 10.7. The lowest BCUT2D eigenvalue weighted by Gasteiger charge is -2.32. The molecule has 0 bridgehead atoms. The van der Waals surface area contributed by atoms with Crippen molar-refractivity contribution in [3.05, 3.63) is 77.4 Å². The van der Waals surface area contributed by atoms with E-state index in [1.807, 2.05) is 66.4 Å². The van der Waals surface area contributed by atoms with Gasteiger partial charge in [0.25, 0.3) is 11.8 Å². The van der Waals surface area contributed by atoms with Gasteiger partial charge in [-0.05, 0) is 49.6 Å². The lowest BCUT2D eigenvalue weighted by atomic mass is 10.0. The average Bonchev–Trinajstić information content (AvgIpc) is 2.84. The monoisotopic (exact) mass is 430 g/mol. The number of likely N-dealkylation sites (tertiary alicyclic amines) is 1. The van der Waals surface area contributed by atoms with Crippen LogP contribution in [0.4, 0.5) is 0 Å². The van der Waals surface area contributed by atoms with E-state index < -0.39 is 0 Å². The van der Waals surface area contributed by atoms with E-state index in [1.165, 1.54) is 0 Å². The second-order valence-corrected chi connectivity index (χ2v) is 7.90. The Hall–Kier alpha value is -3.74. The summed E-state index contributed by atoms with van der Waals surface area (Å²) < 4.78 is 5.05. The number of methoxy groups -OCH3 is 1. The molecule has 0 atom stereocenters. The summed E-state index contributed by atoms with van der Waals surface area (Å²) in [6.45, 7) is 3.13. The Bertz CT molecular complexity index is 1110. The maximum Gasteiger partial charge on any atom is 0.253 e. The van der Waals surface area contributed by atoms with Crippen LogP contribution in [0.25, 0.3) is 11.3 Å². The zero-order chi connectivity index (χ0) is 22.5. The summed E-state index contributed by atoms with van der Waals surface area (Å²) in [4.78, 5) is 27.5. The Kier molecular flexibility index (Phi) is 6.44. The molecule has 4 rings (SSSR count). The minimum atomic E-state index is -0.0545. The average molecular weight is 431 g/mol. The Morgan fingerprint density at radius 1 is 1.00 bits per heavy atom. The summed E-state index contributed by atoms with van der Waals surface area (Å²) >= 11 is 0. The number of aryl methyl sites for hydroxylation is 1. The van der Waals surface area contributed by atoms with Crippen LogP contribution in [0.5, 0.6) is 5.88 Å². The number of aromatic nitrogens is 2. The highest BCUT2D eigenvalue weighted by atomic mass is 16.5. The molecular formula is C25H26N4O3. The van der Waals surface area contributed by atoms with Crippen molar-refractivity contribution >= 4 is 11.8 Å². The molecule has 2 aromatic carbocycles. The lowest BCUT2D eigenvalue weighted by Crippen LogP contribution is -2.46. The Morgan fingerprint density at radius 2 is 1.78 bits per heavy atom. The molecule has 7 nitrogen and oxygen atoms in total. The second kappa shape index (κ2) is 9.60. The molecule has 7 heteroatoms. The molecule has 0 unspecified atom stereocenters. The van der Waals surface area contributed by atoms with Gasteiger partial charge in [0.1, 0.15) is 0 Å². The van der Waals surface area contributed by atoms with Gasteiger partial charge in [-0.25, -0.2) is 0 Å². The van der Waals surface area contributed by atoms with Crippen LogP contribution in [0.1, 0.15) is 39.1 Å². The largest absolute Gasteiger partial charge is 0.480 e. The zero-order valence-corrected chi connectivity index (χ0v) is 18.2. The van der Waals surface area contributed by atoms with E-state index in [9.17, 15) is 9.59 Å². The quantitative estimate of drug-likeness (QED) is 0.670. The zero-order valence-electron chi connectivity index (χ0n) is 18.2. The summed E-state index contributed by atoms with van der Waals surface area (Å²) in [6, 6.07) is 18.6. The molecule has 0 spiro atoms. The molecule has 0 saturated carbocycles. The van der Waals surface area contributed by atoms with Crippen molar-refractivity contribution in [1.82, 2.24) is 20.4 Å². The van der Waals surface area contributed by atoms with Gasteiger partial charge in [0.05, 0.1) is 12.8 Å². The Morgan fingerprint density at radius 3 is 2.47 bits per heavy atom. The molecule has 164 valence electrons. The number of hydrogen-bond donors (Lipinski definition) is 1. The highest BCUT2D eigenvalue weighted by molar-refractivity contribution is 5.96. The Balaban J connectivity index is 1.37. The first-order valence-electron chi connectivity index (χ1n) is 10.7. The molecule has 2 amide bonds. The van der Waals surface area contributed by atoms with E-state index >= 15 is 0 Å². The van der Waals surface area contributed by atoms with E-state index in [4.69, 9.17) is 4.74 Å². The molecular weight excluding hydrogens is 404 g/mol. The number of rotatable bonds is 5. The molecule has 1 aliphatic heterocycles. The summed E-state index contributed by atoms with van der Waals surface area (Å²) in [7, 11) is 1.54. The fourth-order valence-corrected chi connectivity index (χ4v) is 3.89. The van der Waals surface area contributed by atoms with Crippen LogP contribution in [-0.2, 0) is 0 Å². The third-order valence-corrected chi connectivity index (χ3v) is 5.76. The van der Waals surface area contributed by atoms with Gasteiger partial charge in [-0.1, -0.05) is 30.3 Å². The van der Waals surface area contributed by atoms with Crippen LogP contribution in [0.2, 0.25) is 0 Å². The van der Waals surface area contributed by atoms with Crippen molar-refractivity contribution in [3.8, 4) is 17.1 Å². The van der Waals surface area contributed by atoms with Gasteiger partial charge in [-0.2, -0.15) is 0 Å². The van der Waals surface area contributed by atoms with Crippen molar-refractivity contribution in [3.63, 3.8) is 0 Å². The minimum Gasteiger partial charge on any atom is -0.480 e. The van der Waals surface area contributed by atoms with E-state index in [0.29, 0.717) is 35.8 Å². The fraction of sp³-hybridized carbons (Fsp3) is 0.280. The highest BCUT2D eigenvalue weighted by Gasteiger charge is 2.25. The van der Waals surface area contributed by atoms with Gasteiger partial charge in [0.15, 0.2) is 0 Å². The third kappa shape index (κ3) is 4.77. The smallest absolute Gasteiger partial charge is 0.253 e. The molecule has 1 aliphatic rings. The molecule has 1 fully saturated rings. The standard InChI is InChI=1S/C25H26N4O3/c1-17-6-3-4-9-21(17)24(30)26-20-12-14-29(15-13-20)25(31)19-8-5-7-18(16-19)22-10-11-23(32-2)28-27-22/h3-11,16,20H,12-15H2,1-2H3,(H,26,30). The SMILES string of the molecule is COc1ccc(-c2cccc(C(=O)N3CCC(NC(=O)c4ccccc4C)CC3)c2)nn1. The van der Waals surface area contributed by atoms with Crippen LogP contribution in [0, 0.1) is 6.92 Å². The van der Waals surface area contributed by atoms with Gasteiger partial charge in [0, 0.05) is 41.9 Å². The summed E-state index contributed by atoms with van der Waals surface area (Å²) in [5.41, 5.74) is 3.77. The number of ether oxygens (including phenoxy) is 1. The number of piperidine rings is 1. The maximum absolute atomic E-state index is 13.1. The molecule has 0 radical (unpaired) electrons. The normalized spacial score (nSPS) is 14.1. The van der Waals surface area contributed by atoms with Crippen LogP contribution >= 0.6 is 0 Å². The number of nitrogens with one attached hydrogen (secondary N) is 1. The third-order valence-electron chi connectivity index (χ3n) is 5.76. The number of carbonyl (C=O) groups is 2. The number of nitrogens with zero attached hydrogens (tertiary/aromatic N) is 3. The number of amides is 2. The summed E-state index contributed by atoms with van der Waals surface area (Å²) in [5, 5.41) is 11.3. The Labute approximate surface area is 187 Å². The van der Waals surface area contributed by atoms with Crippen LogP contribution in [-0.4, -0.2) is 53.2 Å². The van der Waals surface area contributed by atoms with Crippen LogP contribution in [0.3, 0.4) is 0 Å². The molecule has 1 aromatic heterocycles.